The Kier molecular flexibility index (Phi) is 2.35. The van der Waals surface area contributed by atoms with E-state index in [2.05, 4.69) is 6.08 Å². The molecule has 0 N–H and O–H groups in total. The molecular formula is C13H18O4. The average Bonchev–Trinajstić information content (AvgIpc) is 2.65. The number of hydrogen-bond acceptors (Lipinski definition) is 4. The van der Waals surface area contributed by atoms with Crippen LogP contribution in [0.25, 0.3) is 0 Å². The molecule has 3 aliphatic rings. The van der Waals surface area contributed by atoms with Crippen molar-refractivity contribution in [2.45, 2.75) is 51.3 Å². The number of esters is 1. The van der Waals surface area contributed by atoms with Crippen LogP contribution in [0, 0.1) is 11.8 Å². The Bertz CT molecular complexity index is 374. The Labute approximate surface area is 101 Å². The molecule has 1 saturated carbocycles. The number of hydrogen-bond donors (Lipinski definition) is 0. The lowest BCUT2D eigenvalue weighted by Gasteiger charge is -2.28. The third-order valence-electron chi connectivity index (χ3n) is 3.82. The summed E-state index contributed by atoms with van der Waals surface area (Å²) in [7, 11) is 0. The van der Waals surface area contributed by atoms with Crippen LogP contribution in [0.2, 0.25) is 0 Å². The molecule has 4 heteroatoms. The summed E-state index contributed by atoms with van der Waals surface area (Å²) in [5, 5.41) is 0. The maximum absolute atomic E-state index is 11.1. The van der Waals surface area contributed by atoms with Crippen LogP contribution in [-0.4, -0.2) is 30.1 Å². The molecule has 0 spiro atoms. The first-order chi connectivity index (χ1) is 7.96. The molecule has 2 fully saturated rings. The Morgan fingerprint density at radius 1 is 1.29 bits per heavy atom. The molecule has 17 heavy (non-hydrogen) atoms. The summed E-state index contributed by atoms with van der Waals surface area (Å²) in [5.41, 5.74) is 0. The van der Waals surface area contributed by atoms with E-state index in [1.165, 1.54) is 6.92 Å². The summed E-state index contributed by atoms with van der Waals surface area (Å²) < 4.78 is 17.2. The molecule has 3 rings (SSSR count). The van der Waals surface area contributed by atoms with E-state index >= 15 is 0 Å². The highest BCUT2D eigenvalue weighted by atomic mass is 16.8. The van der Waals surface area contributed by atoms with E-state index in [-0.39, 0.29) is 30.2 Å². The minimum Gasteiger partial charge on any atom is -0.458 e. The quantitative estimate of drug-likeness (QED) is 0.514. The van der Waals surface area contributed by atoms with Crippen LogP contribution in [0.3, 0.4) is 0 Å². The van der Waals surface area contributed by atoms with Crippen molar-refractivity contribution < 1.29 is 19.0 Å². The van der Waals surface area contributed by atoms with E-state index in [0.717, 1.165) is 6.42 Å². The average molecular weight is 238 g/mol. The van der Waals surface area contributed by atoms with Gasteiger partial charge in [-0.3, -0.25) is 4.79 Å². The molecule has 4 nitrogen and oxygen atoms in total. The summed E-state index contributed by atoms with van der Waals surface area (Å²) in [6.07, 6.45) is 5.09. The first kappa shape index (κ1) is 11.2. The zero-order valence-corrected chi connectivity index (χ0v) is 10.4. The number of carbonyl (C=O) groups excluding carboxylic acids is 1. The first-order valence-corrected chi connectivity index (χ1v) is 6.17. The number of ether oxygens (including phenoxy) is 3. The molecular weight excluding hydrogens is 220 g/mol. The van der Waals surface area contributed by atoms with Crippen LogP contribution < -0.4 is 0 Å². The number of carbonyl (C=O) groups is 1. The van der Waals surface area contributed by atoms with E-state index in [9.17, 15) is 4.79 Å². The van der Waals surface area contributed by atoms with Crippen LogP contribution in [0.5, 0.6) is 0 Å². The molecule has 0 amide bonds. The predicted molar refractivity (Wildman–Crippen MR) is 60.1 cm³/mol. The van der Waals surface area contributed by atoms with Gasteiger partial charge in [0.25, 0.3) is 0 Å². The van der Waals surface area contributed by atoms with Crippen molar-refractivity contribution in [3.63, 3.8) is 0 Å². The smallest absolute Gasteiger partial charge is 0.303 e. The van der Waals surface area contributed by atoms with E-state index in [0.29, 0.717) is 5.92 Å². The fourth-order valence-corrected chi connectivity index (χ4v) is 3.28. The number of rotatable bonds is 1. The van der Waals surface area contributed by atoms with Crippen LogP contribution in [0.4, 0.5) is 0 Å². The van der Waals surface area contributed by atoms with Gasteiger partial charge in [-0.25, -0.2) is 0 Å². The van der Waals surface area contributed by atoms with Crippen molar-refractivity contribution in [2.24, 2.45) is 11.8 Å². The minimum atomic E-state index is -0.516. The third kappa shape index (κ3) is 1.79. The van der Waals surface area contributed by atoms with E-state index in [1.807, 2.05) is 19.9 Å². The van der Waals surface area contributed by atoms with Crippen molar-refractivity contribution in [3.05, 3.63) is 12.2 Å². The van der Waals surface area contributed by atoms with Crippen LogP contribution >= 0.6 is 0 Å². The Morgan fingerprint density at radius 3 is 2.71 bits per heavy atom. The van der Waals surface area contributed by atoms with Gasteiger partial charge in [-0.1, -0.05) is 6.08 Å². The molecule has 94 valence electrons. The van der Waals surface area contributed by atoms with Crippen molar-refractivity contribution in [1.29, 1.82) is 0 Å². The van der Waals surface area contributed by atoms with Gasteiger partial charge in [0.2, 0.25) is 0 Å². The van der Waals surface area contributed by atoms with Crippen molar-refractivity contribution in [1.82, 2.24) is 0 Å². The van der Waals surface area contributed by atoms with Gasteiger partial charge in [-0.2, -0.15) is 0 Å². The van der Waals surface area contributed by atoms with Gasteiger partial charge in [-0.15, -0.1) is 0 Å². The van der Waals surface area contributed by atoms with Gasteiger partial charge in [0.1, 0.15) is 6.10 Å². The second-order valence-electron chi connectivity index (χ2n) is 5.59. The molecule has 5 atom stereocenters. The van der Waals surface area contributed by atoms with E-state index in [4.69, 9.17) is 14.2 Å². The molecule has 1 saturated heterocycles. The maximum Gasteiger partial charge on any atom is 0.303 e. The van der Waals surface area contributed by atoms with Gasteiger partial charge in [-0.05, 0) is 26.3 Å². The molecule has 2 bridgehead atoms. The Hall–Kier alpha value is -0.870. The lowest BCUT2D eigenvalue weighted by Crippen LogP contribution is -2.34. The first-order valence-electron chi connectivity index (χ1n) is 6.17. The van der Waals surface area contributed by atoms with Gasteiger partial charge in [0, 0.05) is 18.8 Å². The lowest BCUT2D eigenvalue weighted by molar-refractivity contribution is -0.168. The van der Waals surface area contributed by atoms with Crippen molar-refractivity contribution in [2.75, 3.05) is 0 Å². The molecule has 1 aliphatic heterocycles. The van der Waals surface area contributed by atoms with Gasteiger partial charge < -0.3 is 14.2 Å². The van der Waals surface area contributed by atoms with E-state index in [1.54, 1.807) is 0 Å². The summed E-state index contributed by atoms with van der Waals surface area (Å²) in [5.74, 6) is -0.114. The van der Waals surface area contributed by atoms with Crippen LogP contribution in [0.15, 0.2) is 12.2 Å². The fourth-order valence-electron chi connectivity index (χ4n) is 3.28. The van der Waals surface area contributed by atoms with Gasteiger partial charge >= 0.3 is 5.97 Å². The predicted octanol–water partition coefficient (Wildman–Crippen LogP) is 1.64. The molecule has 2 aliphatic carbocycles. The molecule has 0 aromatic heterocycles. The second kappa shape index (κ2) is 3.56. The minimum absolute atomic E-state index is 0.0503. The molecule has 0 radical (unpaired) electrons. The largest absolute Gasteiger partial charge is 0.458 e. The zero-order valence-electron chi connectivity index (χ0n) is 10.4. The van der Waals surface area contributed by atoms with Crippen molar-refractivity contribution in [3.8, 4) is 0 Å². The van der Waals surface area contributed by atoms with Crippen LogP contribution in [-0.2, 0) is 19.0 Å². The Morgan fingerprint density at radius 2 is 2.00 bits per heavy atom. The SMILES string of the molecule is CC(=O)O[C@H]1C=C[C@@H]2C[C@H]1[C@H]1OC(C)(C)O[C@H]12. The van der Waals surface area contributed by atoms with Crippen LogP contribution in [0.1, 0.15) is 27.2 Å². The fraction of sp³-hybridized carbons (Fsp3) is 0.769. The highest BCUT2D eigenvalue weighted by Gasteiger charge is 2.56. The third-order valence-corrected chi connectivity index (χ3v) is 3.82. The molecule has 1 heterocycles. The summed E-state index contributed by atoms with van der Waals surface area (Å²) >= 11 is 0. The molecule has 0 aromatic carbocycles. The highest BCUT2D eigenvalue weighted by molar-refractivity contribution is 5.66. The highest BCUT2D eigenvalue weighted by Crippen LogP contribution is 2.49. The van der Waals surface area contributed by atoms with Gasteiger partial charge in [0.05, 0.1) is 12.2 Å². The number of fused-ring (bicyclic) bond motifs is 5. The molecule has 0 unspecified atom stereocenters. The molecule has 0 aromatic rings. The summed E-state index contributed by atoms with van der Waals surface area (Å²) in [6, 6.07) is 0. The normalized spacial score (nSPS) is 45.7. The zero-order chi connectivity index (χ0) is 12.2. The summed E-state index contributed by atoms with van der Waals surface area (Å²) in [6.45, 7) is 5.32. The summed E-state index contributed by atoms with van der Waals surface area (Å²) in [4.78, 5) is 11.1. The lowest BCUT2D eigenvalue weighted by atomic mass is 9.92. The second-order valence-corrected chi connectivity index (χ2v) is 5.59. The topological polar surface area (TPSA) is 44.8 Å². The van der Waals surface area contributed by atoms with Gasteiger partial charge in [0.15, 0.2) is 5.79 Å². The standard InChI is InChI=1S/C13H18O4/c1-7(14)15-10-5-4-8-6-9(10)12-11(8)16-13(2,3)17-12/h4-5,8-12H,6H2,1-3H3/t8-,9-,10+,11+,12-/m1/s1. The Balaban J connectivity index is 1.82. The maximum atomic E-state index is 11.1. The monoisotopic (exact) mass is 238 g/mol. The van der Waals surface area contributed by atoms with E-state index < -0.39 is 5.79 Å². The van der Waals surface area contributed by atoms with Crippen molar-refractivity contribution >= 4 is 5.97 Å².